The van der Waals surface area contributed by atoms with Gasteiger partial charge in [-0.2, -0.15) is 0 Å². The highest BCUT2D eigenvalue weighted by Gasteiger charge is 2.41. The average Bonchev–Trinajstić information content (AvgIpc) is 2.76. The van der Waals surface area contributed by atoms with Gasteiger partial charge in [0.2, 0.25) is 0 Å². The van der Waals surface area contributed by atoms with Crippen LogP contribution >= 0.6 is 0 Å². The quantitative estimate of drug-likeness (QED) is 0.303. The van der Waals surface area contributed by atoms with Crippen LogP contribution in [0.5, 0.6) is 11.5 Å². The van der Waals surface area contributed by atoms with Crippen molar-refractivity contribution < 1.29 is 4.74 Å². The molecule has 2 aliphatic rings. The highest BCUT2D eigenvalue weighted by Crippen LogP contribution is 2.62. The van der Waals surface area contributed by atoms with Crippen LogP contribution < -0.4 is 9.64 Å². The number of rotatable bonds is 1. The molecule has 4 aromatic carbocycles. The van der Waals surface area contributed by atoms with Crippen LogP contribution in [0.1, 0.15) is 36.8 Å². The number of fused-ring (bicyclic) bond motifs is 7. The zero-order valence-corrected chi connectivity index (χ0v) is 16.0. The summed E-state index contributed by atoms with van der Waals surface area (Å²) in [6, 6.07) is 27.7. The molecule has 0 N–H and O–H groups in total. The van der Waals surface area contributed by atoms with E-state index in [2.05, 4.69) is 91.5 Å². The molecule has 0 aromatic heterocycles. The summed E-state index contributed by atoms with van der Waals surface area (Å²) >= 11 is 0. The lowest BCUT2D eigenvalue weighted by Gasteiger charge is -2.43. The van der Waals surface area contributed by atoms with E-state index >= 15 is 0 Å². The third kappa shape index (κ3) is 1.92. The summed E-state index contributed by atoms with van der Waals surface area (Å²) in [6.45, 7) is 4.65. The summed E-state index contributed by atoms with van der Waals surface area (Å²) in [5.41, 5.74) is 6.24. The second kappa shape index (κ2) is 5.62. The molecule has 0 saturated carbocycles. The van der Waals surface area contributed by atoms with Crippen molar-refractivity contribution in [3.05, 3.63) is 90.0 Å². The molecule has 1 aliphatic carbocycles. The second-order valence-corrected chi connectivity index (χ2v) is 7.87. The zero-order valence-electron chi connectivity index (χ0n) is 16.0. The van der Waals surface area contributed by atoms with E-state index in [0.717, 1.165) is 28.6 Å². The standard InChI is InChI=1S/C26H21NO/c1-16-17(2)24-23(16)19-12-6-7-13-20(19)25-26(24)28-22-15-9-8-14-21(22)27(25)18-10-4-3-5-11-18/h3-17H,1-2H3. The lowest BCUT2D eigenvalue weighted by molar-refractivity contribution is 0.441. The van der Waals surface area contributed by atoms with Crippen molar-refractivity contribution in [1.29, 1.82) is 0 Å². The van der Waals surface area contributed by atoms with Gasteiger partial charge in [-0.25, -0.2) is 0 Å². The summed E-state index contributed by atoms with van der Waals surface area (Å²) in [7, 11) is 0. The van der Waals surface area contributed by atoms with Gasteiger partial charge in [-0.05, 0) is 47.1 Å². The van der Waals surface area contributed by atoms with E-state index in [9.17, 15) is 0 Å². The van der Waals surface area contributed by atoms with Gasteiger partial charge in [-0.15, -0.1) is 0 Å². The van der Waals surface area contributed by atoms with E-state index in [1.54, 1.807) is 0 Å². The van der Waals surface area contributed by atoms with Gasteiger partial charge in [-0.1, -0.05) is 68.4 Å². The Labute approximate surface area is 165 Å². The molecule has 1 heterocycles. The minimum Gasteiger partial charge on any atom is -0.453 e. The summed E-state index contributed by atoms with van der Waals surface area (Å²) in [4.78, 5) is 2.37. The molecule has 136 valence electrons. The first-order valence-electron chi connectivity index (χ1n) is 9.96. The number of ether oxygens (including phenoxy) is 1. The van der Waals surface area contributed by atoms with Crippen molar-refractivity contribution >= 4 is 27.8 Å². The van der Waals surface area contributed by atoms with Crippen LogP contribution in [0, 0.1) is 0 Å². The van der Waals surface area contributed by atoms with Crippen LogP contribution in [-0.2, 0) is 0 Å². The number of hydrogen-bond acceptors (Lipinski definition) is 2. The molecule has 0 fully saturated rings. The van der Waals surface area contributed by atoms with Gasteiger partial charge in [0.1, 0.15) is 0 Å². The fourth-order valence-electron chi connectivity index (χ4n) is 4.92. The van der Waals surface area contributed by atoms with Crippen LogP contribution in [0.2, 0.25) is 0 Å². The van der Waals surface area contributed by atoms with Gasteiger partial charge < -0.3 is 9.64 Å². The normalized spacial score (nSPS) is 19.3. The van der Waals surface area contributed by atoms with E-state index in [1.165, 1.54) is 21.9 Å². The Morgan fingerprint density at radius 2 is 1.32 bits per heavy atom. The third-order valence-electron chi connectivity index (χ3n) is 6.44. The molecular weight excluding hydrogens is 342 g/mol. The predicted octanol–water partition coefficient (Wildman–Crippen LogP) is 7.64. The van der Waals surface area contributed by atoms with Crippen molar-refractivity contribution in [2.24, 2.45) is 0 Å². The van der Waals surface area contributed by atoms with Gasteiger partial charge >= 0.3 is 0 Å². The van der Waals surface area contributed by atoms with E-state index in [-0.39, 0.29) is 0 Å². The van der Waals surface area contributed by atoms with Crippen molar-refractivity contribution in [2.75, 3.05) is 4.90 Å². The first kappa shape index (κ1) is 15.8. The molecule has 1 aliphatic heterocycles. The summed E-state index contributed by atoms with van der Waals surface area (Å²) in [5.74, 6) is 3.00. The van der Waals surface area contributed by atoms with Crippen LogP contribution in [-0.4, -0.2) is 0 Å². The molecule has 2 nitrogen and oxygen atoms in total. The SMILES string of the molecule is CC1c2c3c(c4ccccc4c2C1C)N(c1ccccc1)c1ccccc1O3. The molecule has 0 amide bonds. The molecule has 28 heavy (non-hydrogen) atoms. The number of nitrogens with zero attached hydrogens (tertiary/aromatic N) is 1. The van der Waals surface area contributed by atoms with E-state index < -0.39 is 0 Å². The molecule has 0 bridgehead atoms. The largest absolute Gasteiger partial charge is 0.453 e. The van der Waals surface area contributed by atoms with Crippen molar-refractivity contribution in [1.82, 2.24) is 0 Å². The smallest absolute Gasteiger partial charge is 0.155 e. The van der Waals surface area contributed by atoms with Gasteiger partial charge in [-0.3, -0.25) is 0 Å². The number of para-hydroxylation sites is 3. The molecule has 0 radical (unpaired) electrons. The Kier molecular flexibility index (Phi) is 3.16. The first-order valence-corrected chi connectivity index (χ1v) is 9.96. The average molecular weight is 363 g/mol. The Hall–Kier alpha value is -3.26. The molecule has 2 atom stereocenters. The van der Waals surface area contributed by atoms with Gasteiger partial charge in [0, 0.05) is 16.6 Å². The molecule has 6 rings (SSSR count). The van der Waals surface area contributed by atoms with Crippen molar-refractivity contribution in [3.8, 4) is 11.5 Å². The molecule has 2 heteroatoms. The van der Waals surface area contributed by atoms with Gasteiger partial charge in [0.05, 0.1) is 11.4 Å². The van der Waals surface area contributed by atoms with Crippen molar-refractivity contribution in [2.45, 2.75) is 25.7 Å². The highest BCUT2D eigenvalue weighted by atomic mass is 16.5. The van der Waals surface area contributed by atoms with Gasteiger partial charge in [0.15, 0.2) is 11.5 Å². The summed E-state index contributed by atoms with van der Waals surface area (Å²) < 4.78 is 6.58. The molecule has 4 aromatic rings. The van der Waals surface area contributed by atoms with Gasteiger partial charge in [0.25, 0.3) is 0 Å². The molecular formula is C26H21NO. The van der Waals surface area contributed by atoms with E-state index in [1.807, 2.05) is 6.07 Å². The van der Waals surface area contributed by atoms with E-state index in [4.69, 9.17) is 4.74 Å². The zero-order chi connectivity index (χ0) is 18.8. The first-order chi connectivity index (χ1) is 13.8. The summed E-state index contributed by atoms with van der Waals surface area (Å²) in [6.07, 6.45) is 0. The molecule has 2 unspecified atom stereocenters. The lowest BCUT2D eigenvalue weighted by Crippen LogP contribution is -2.25. The fraction of sp³-hybridized carbons (Fsp3) is 0.154. The lowest BCUT2D eigenvalue weighted by atomic mass is 9.67. The minimum atomic E-state index is 0.497. The van der Waals surface area contributed by atoms with Crippen molar-refractivity contribution in [3.63, 3.8) is 0 Å². The minimum absolute atomic E-state index is 0.497. The maximum atomic E-state index is 6.58. The van der Waals surface area contributed by atoms with Crippen LogP contribution in [0.4, 0.5) is 17.1 Å². The Balaban J connectivity index is 1.76. The van der Waals surface area contributed by atoms with Crippen LogP contribution in [0.3, 0.4) is 0 Å². The number of anilines is 3. The summed E-state index contributed by atoms with van der Waals surface area (Å²) in [5, 5.41) is 2.61. The van der Waals surface area contributed by atoms with Crippen LogP contribution in [0.15, 0.2) is 78.9 Å². The third-order valence-corrected chi connectivity index (χ3v) is 6.44. The Morgan fingerprint density at radius 3 is 2.14 bits per heavy atom. The molecule has 0 spiro atoms. The Morgan fingerprint density at radius 1 is 0.679 bits per heavy atom. The maximum absolute atomic E-state index is 6.58. The topological polar surface area (TPSA) is 12.5 Å². The maximum Gasteiger partial charge on any atom is 0.155 e. The van der Waals surface area contributed by atoms with Crippen LogP contribution in [0.25, 0.3) is 10.8 Å². The molecule has 0 saturated heterocycles. The monoisotopic (exact) mass is 363 g/mol. The highest BCUT2D eigenvalue weighted by molar-refractivity contribution is 6.07. The Bertz CT molecular complexity index is 1230. The number of benzene rings is 4. The van der Waals surface area contributed by atoms with E-state index in [0.29, 0.717) is 11.8 Å². The fourth-order valence-corrected chi connectivity index (χ4v) is 4.92. The predicted molar refractivity (Wildman–Crippen MR) is 116 cm³/mol. The number of hydrogen-bond donors (Lipinski definition) is 0. The second-order valence-electron chi connectivity index (χ2n) is 7.87.